The maximum atomic E-state index is 14.3. The van der Waals surface area contributed by atoms with Gasteiger partial charge in [0, 0.05) is 47.0 Å². The Morgan fingerprint density at radius 1 is 0.423 bits per heavy atom. The molecule has 6 aromatic rings. The van der Waals surface area contributed by atoms with Crippen LogP contribution in [0.5, 0.6) is 23.0 Å². The van der Waals surface area contributed by atoms with Gasteiger partial charge < -0.3 is 19.7 Å². The van der Waals surface area contributed by atoms with Crippen molar-refractivity contribution in [3.8, 4) is 23.0 Å². The first-order valence-corrected chi connectivity index (χ1v) is 19.2. The van der Waals surface area contributed by atoms with Crippen molar-refractivity contribution < 1.29 is 28.5 Å². The van der Waals surface area contributed by atoms with E-state index in [1.54, 1.807) is 24.3 Å². The molecule has 8 bridgehead atoms. The molecule has 2 N–H and O–H groups in total. The summed E-state index contributed by atoms with van der Waals surface area (Å²) in [7, 11) is 0. The van der Waals surface area contributed by atoms with Crippen molar-refractivity contribution in [1.82, 2.24) is 0 Å². The summed E-state index contributed by atoms with van der Waals surface area (Å²) in [6.45, 7) is 0.689. The molecular weight excluding hydrogens is 695 g/mol. The van der Waals surface area contributed by atoms with Gasteiger partial charge in [0.15, 0.2) is 0 Å². The van der Waals surface area contributed by atoms with Gasteiger partial charge in [-0.05, 0) is 68.8 Å². The number of hydrogen-bond acceptors (Lipinski definition) is 6. The van der Waals surface area contributed by atoms with Crippen LogP contribution in [-0.4, -0.2) is 34.9 Å². The highest BCUT2D eigenvalue weighted by molar-refractivity contribution is 7.99. The lowest BCUT2D eigenvalue weighted by atomic mass is 9.91. The largest absolute Gasteiger partial charge is 0.507 e. The minimum atomic E-state index is -0.254. The molecule has 0 aromatic heterocycles. The van der Waals surface area contributed by atoms with E-state index < -0.39 is 0 Å². The Labute approximate surface area is 311 Å². The summed E-state index contributed by atoms with van der Waals surface area (Å²) >= 11 is 2.80. The molecule has 0 atom stereocenters. The van der Waals surface area contributed by atoms with Crippen LogP contribution in [0.1, 0.15) is 44.5 Å². The Hall–Kier alpha value is -4.92. The van der Waals surface area contributed by atoms with Gasteiger partial charge in [0.05, 0.1) is 13.2 Å². The van der Waals surface area contributed by atoms with Gasteiger partial charge in [0.2, 0.25) is 0 Å². The Morgan fingerprint density at radius 2 is 0.731 bits per heavy atom. The predicted octanol–water partition coefficient (Wildman–Crippen LogP) is 10.4. The second-order valence-electron chi connectivity index (χ2n) is 12.6. The summed E-state index contributed by atoms with van der Waals surface area (Å²) in [5.74, 6) is 2.41. The molecule has 4 nitrogen and oxygen atoms in total. The zero-order valence-electron chi connectivity index (χ0n) is 28.5. The van der Waals surface area contributed by atoms with E-state index in [9.17, 15) is 19.0 Å². The summed E-state index contributed by atoms with van der Waals surface area (Å²) in [6, 6.07) is 37.0. The smallest absolute Gasteiger partial charge is 0.136 e. The van der Waals surface area contributed by atoms with Crippen LogP contribution in [0.2, 0.25) is 0 Å². The van der Waals surface area contributed by atoms with E-state index in [0.717, 1.165) is 44.5 Å². The van der Waals surface area contributed by atoms with Crippen LogP contribution in [-0.2, 0) is 25.7 Å². The third kappa shape index (κ3) is 8.24. The molecule has 0 saturated carbocycles. The molecule has 7 rings (SSSR count). The van der Waals surface area contributed by atoms with Crippen LogP contribution < -0.4 is 9.47 Å². The van der Waals surface area contributed by atoms with Crippen LogP contribution in [0.3, 0.4) is 0 Å². The first-order valence-electron chi connectivity index (χ1n) is 17.3. The number of benzene rings is 6. The van der Waals surface area contributed by atoms with Gasteiger partial charge in [-0.2, -0.15) is 0 Å². The summed E-state index contributed by atoms with van der Waals surface area (Å²) in [6.07, 6.45) is 1.69. The number of phenols is 2. The Bertz CT molecular complexity index is 1950. The second-order valence-corrected chi connectivity index (χ2v) is 14.9. The standard InChI is InChI=1S/C44H38F2O4S2/c45-37-17-1-3-19-39(37)51-23-21-49-43-33-13-7-14-34(43)26-30-10-6-12-32(42(30)48)28-36-16-8-15-35(27-31-11-5-9-29(25-33)41(31)47)44(36)50-22-24-52-40-20-4-2-18-38(40)46/h1-20,47-48H,21-28H2. The zero-order chi connectivity index (χ0) is 35.9. The molecule has 264 valence electrons. The van der Waals surface area contributed by atoms with Crippen molar-refractivity contribution in [3.63, 3.8) is 0 Å². The highest BCUT2D eigenvalue weighted by atomic mass is 32.2. The highest BCUT2D eigenvalue weighted by Crippen LogP contribution is 2.38. The van der Waals surface area contributed by atoms with Crippen LogP contribution in [0.4, 0.5) is 8.78 Å². The van der Waals surface area contributed by atoms with E-state index in [1.807, 2.05) is 84.9 Å². The number of thioether (sulfide) groups is 2. The van der Waals surface area contributed by atoms with E-state index in [2.05, 4.69) is 0 Å². The fraction of sp³-hybridized carbons (Fsp3) is 0.182. The van der Waals surface area contributed by atoms with Crippen molar-refractivity contribution in [3.05, 3.63) is 177 Å². The lowest BCUT2D eigenvalue weighted by Gasteiger charge is -2.20. The monoisotopic (exact) mass is 732 g/mol. The first kappa shape index (κ1) is 35.5. The van der Waals surface area contributed by atoms with E-state index in [0.29, 0.717) is 71.7 Å². The van der Waals surface area contributed by atoms with Crippen LogP contribution >= 0.6 is 23.5 Å². The fourth-order valence-electron chi connectivity index (χ4n) is 6.60. The predicted molar refractivity (Wildman–Crippen MR) is 206 cm³/mol. The fourth-order valence-corrected chi connectivity index (χ4v) is 8.13. The van der Waals surface area contributed by atoms with Crippen molar-refractivity contribution >= 4 is 23.5 Å². The van der Waals surface area contributed by atoms with Gasteiger partial charge in [-0.15, -0.1) is 23.5 Å². The maximum Gasteiger partial charge on any atom is 0.136 e. The number of hydrogen-bond donors (Lipinski definition) is 2. The minimum Gasteiger partial charge on any atom is -0.507 e. The number of para-hydroxylation sites is 4. The maximum absolute atomic E-state index is 14.3. The number of fused-ring (bicyclic) bond motifs is 8. The van der Waals surface area contributed by atoms with E-state index >= 15 is 0 Å². The molecule has 6 aromatic carbocycles. The Morgan fingerprint density at radius 3 is 1.06 bits per heavy atom. The molecule has 0 heterocycles. The molecule has 0 fully saturated rings. The van der Waals surface area contributed by atoms with E-state index in [-0.39, 0.29) is 23.1 Å². The van der Waals surface area contributed by atoms with Crippen molar-refractivity contribution in [2.45, 2.75) is 35.5 Å². The lowest BCUT2D eigenvalue weighted by Crippen LogP contribution is -2.08. The van der Waals surface area contributed by atoms with Gasteiger partial charge >= 0.3 is 0 Å². The number of ether oxygens (including phenoxy) is 2. The van der Waals surface area contributed by atoms with Crippen molar-refractivity contribution in [1.29, 1.82) is 0 Å². The highest BCUT2D eigenvalue weighted by Gasteiger charge is 2.20. The third-order valence-electron chi connectivity index (χ3n) is 9.13. The molecule has 1 aliphatic carbocycles. The molecule has 0 aliphatic heterocycles. The minimum absolute atomic E-state index is 0.218. The molecule has 52 heavy (non-hydrogen) atoms. The summed E-state index contributed by atoms with van der Waals surface area (Å²) in [5, 5.41) is 23.4. The van der Waals surface area contributed by atoms with Gasteiger partial charge in [-0.1, -0.05) is 97.1 Å². The topological polar surface area (TPSA) is 58.9 Å². The number of aromatic hydroxyl groups is 2. The number of phenolic OH excluding ortho intramolecular Hbond substituents is 2. The van der Waals surface area contributed by atoms with E-state index in [1.165, 1.54) is 35.7 Å². The van der Waals surface area contributed by atoms with Gasteiger partial charge in [-0.3, -0.25) is 0 Å². The molecule has 1 aliphatic rings. The molecule has 8 heteroatoms. The number of halogens is 2. The van der Waals surface area contributed by atoms with E-state index in [4.69, 9.17) is 9.47 Å². The quantitative estimate of drug-likeness (QED) is 0.108. The van der Waals surface area contributed by atoms with Crippen molar-refractivity contribution in [2.75, 3.05) is 24.7 Å². The Balaban J connectivity index is 1.22. The molecule has 0 spiro atoms. The number of rotatable bonds is 10. The third-order valence-corrected chi connectivity index (χ3v) is 11.2. The van der Waals surface area contributed by atoms with Crippen LogP contribution in [0.15, 0.2) is 131 Å². The lowest BCUT2D eigenvalue weighted by molar-refractivity contribution is 0.337. The average molecular weight is 733 g/mol. The summed E-state index contributed by atoms with van der Waals surface area (Å²) < 4.78 is 41.5. The summed E-state index contributed by atoms with van der Waals surface area (Å²) in [4.78, 5) is 1.15. The van der Waals surface area contributed by atoms with Crippen LogP contribution in [0.25, 0.3) is 0 Å². The zero-order valence-corrected chi connectivity index (χ0v) is 30.1. The van der Waals surface area contributed by atoms with Crippen molar-refractivity contribution in [2.24, 2.45) is 0 Å². The van der Waals surface area contributed by atoms with Gasteiger partial charge in [0.25, 0.3) is 0 Å². The van der Waals surface area contributed by atoms with Crippen LogP contribution in [0, 0.1) is 11.6 Å². The normalized spacial score (nSPS) is 12.3. The molecule has 0 unspecified atom stereocenters. The molecule has 0 saturated heterocycles. The second kappa shape index (κ2) is 16.6. The van der Waals surface area contributed by atoms with Gasteiger partial charge in [-0.25, -0.2) is 8.78 Å². The molecular formula is C44H38F2O4S2. The summed E-state index contributed by atoms with van der Waals surface area (Å²) in [5.41, 5.74) is 6.66. The molecule has 0 radical (unpaired) electrons. The van der Waals surface area contributed by atoms with Gasteiger partial charge in [0.1, 0.15) is 34.6 Å². The Kier molecular flexibility index (Phi) is 11.3. The SMILES string of the molecule is Oc1c2cccc1Cc1cccc(c1OCCSc1ccccc1F)Cc1cccc(c1O)Cc1cccc(c1OCCSc1ccccc1F)C2. The molecule has 0 amide bonds. The first-order chi connectivity index (χ1) is 25.4. The average Bonchev–Trinajstić information content (AvgIpc) is 3.14.